The second kappa shape index (κ2) is 7.84. The summed E-state index contributed by atoms with van der Waals surface area (Å²) >= 11 is 0. The Kier molecular flexibility index (Phi) is 6.38. The van der Waals surface area contributed by atoms with Crippen LogP contribution in [0.25, 0.3) is 0 Å². The zero-order chi connectivity index (χ0) is 13.4. The summed E-state index contributed by atoms with van der Waals surface area (Å²) in [6, 6.07) is -0.641. The number of nitrogens with one attached hydrogen (secondary N) is 1. The molecule has 3 N–H and O–H groups in total. The fourth-order valence-electron chi connectivity index (χ4n) is 1.62. The van der Waals surface area contributed by atoms with E-state index < -0.39 is 6.04 Å². The summed E-state index contributed by atoms with van der Waals surface area (Å²) in [5.41, 5.74) is 6.56. The lowest BCUT2D eigenvalue weighted by atomic mass is 10.1. The molecule has 1 unspecified atom stereocenters. The molecular weight excluding hydrogens is 232 g/mol. The lowest BCUT2D eigenvalue weighted by molar-refractivity contribution is -0.122. The molecule has 0 saturated heterocycles. The van der Waals surface area contributed by atoms with Gasteiger partial charge in [0.25, 0.3) is 0 Å². The van der Waals surface area contributed by atoms with Gasteiger partial charge in [-0.15, -0.1) is 0 Å². The van der Waals surface area contributed by atoms with Crippen molar-refractivity contribution < 1.29 is 9.53 Å². The minimum atomic E-state index is -0.641. The lowest BCUT2D eigenvalue weighted by Gasteiger charge is -2.10. The first-order chi connectivity index (χ1) is 8.65. The van der Waals surface area contributed by atoms with E-state index in [9.17, 15) is 4.79 Å². The van der Waals surface area contributed by atoms with Crippen LogP contribution in [0.3, 0.4) is 0 Å². The highest BCUT2D eigenvalue weighted by Crippen LogP contribution is 2.08. The van der Waals surface area contributed by atoms with Gasteiger partial charge in [-0.2, -0.15) is 5.10 Å². The molecule has 0 fully saturated rings. The highest BCUT2D eigenvalue weighted by molar-refractivity contribution is 5.82. The van der Waals surface area contributed by atoms with E-state index >= 15 is 0 Å². The van der Waals surface area contributed by atoms with E-state index in [2.05, 4.69) is 10.4 Å². The van der Waals surface area contributed by atoms with Gasteiger partial charge in [0.05, 0.1) is 6.20 Å². The molecule has 0 spiro atoms. The van der Waals surface area contributed by atoms with Gasteiger partial charge in [0.1, 0.15) is 6.04 Å². The topological polar surface area (TPSA) is 82.2 Å². The van der Waals surface area contributed by atoms with E-state index in [1.165, 1.54) is 0 Å². The summed E-state index contributed by atoms with van der Waals surface area (Å²) < 4.78 is 6.58. The minimum absolute atomic E-state index is 0.158. The van der Waals surface area contributed by atoms with E-state index in [0.29, 0.717) is 6.54 Å². The molecule has 0 bridgehead atoms. The van der Waals surface area contributed by atoms with Crippen molar-refractivity contribution in [3.8, 4) is 0 Å². The number of unbranched alkanes of at least 4 members (excludes halogenated alkanes) is 2. The van der Waals surface area contributed by atoms with Crippen LogP contribution in [0.15, 0.2) is 12.4 Å². The molecule has 0 aliphatic rings. The fraction of sp³-hybridized carbons (Fsp3) is 0.667. The highest BCUT2D eigenvalue weighted by Gasteiger charge is 2.16. The first-order valence-electron chi connectivity index (χ1n) is 6.16. The number of hydrogen-bond donors (Lipinski definition) is 2. The summed E-state index contributed by atoms with van der Waals surface area (Å²) in [5.74, 6) is -0.158. The Hall–Kier alpha value is -1.40. The number of nitrogens with two attached hydrogens (primary N) is 1. The van der Waals surface area contributed by atoms with Gasteiger partial charge < -0.3 is 15.8 Å². The van der Waals surface area contributed by atoms with Crippen molar-refractivity contribution in [1.82, 2.24) is 15.1 Å². The molecule has 0 aromatic carbocycles. The average Bonchev–Trinajstić information content (AvgIpc) is 2.79. The standard InChI is InChI=1S/C12H22N4O2/c1-16-9-10(8-15-16)11(13)12(17)14-6-4-3-5-7-18-2/h8-9,11H,3-7,13H2,1-2H3,(H,14,17). The molecule has 0 aliphatic heterocycles. The second-order valence-corrected chi connectivity index (χ2v) is 4.27. The number of methoxy groups -OCH3 is 1. The third-order valence-corrected chi connectivity index (χ3v) is 2.69. The van der Waals surface area contributed by atoms with Crippen molar-refractivity contribution in [2.24, 2.45) is 12.8 Å². The third kappa shape index (κ3) is 4.85. The second-order valence-electron chi connectivity index (χ2n) is 4.27. The molecule has 1 amide bonds. The van der Waals surface area contributed by atoms with Crippen molar-refractivity contribution in [3.05, 3.63) is 18.0 Å². The van der Waals surface area contributed by atoms with E-state index in [0.717, 1.165) is 31.4 Å². The maximum Gasteiger partial charge on any atom is 0.241 e. The molecule has 1 atom stereocenters. The number of hydrogen-bond acceptors (Lipinski definition) is 4. The zero-order valence-corrected chi connectivity index (χ0v) is 11.1. The van der Waals surface area contributed by atoms with Gasteiger partial charge >= 0.3 is 0 Å². The van der Waals surface area contributed by atoms with Crippen LogP contribution in [0.2, 0.25) is 0 Å². The Morgan fingerprint density at radius 1 is 1.56 bits per heavy atom. The smallest absolute Gasteiger partial charge is 0.241 e. The van der Waals surface area contributed by atoms with Crippen molar-refractivity contribution in [1.29, 1.82) is 0 Å². The first kappa shape index (κ1) is 14.7. The van der Waals surface area contributed by atoms with Crippen LogP contribution in [0.5, 0.6) is 0 Å². The van der Waals surface area contributed by atoms with Gasteiger partial charge in [-0.25, -0.2) is 0 Å². The molecule has 18 heavy (non-hydrogen) atoms. The van der Waals surface area contributed by atoms with Crippen LogP contribution in [0.1, 0.15) is 30.9 Å². The van der Waals surface area contributed by atoms with Gasteiger partial charge in [-0.3, -0.25) is 9.48 Å². The van der Waals surface area contributed by atoms with Gasteiger partial charge in [0.2, 0.25) is 5.91 Å². The maximum atomic E-state index is 11.7. The molecule has 1 rings (SSSR count). The van der Waals surface area contributed by atoms with Gasteiger partial charge in [0.15, 0.2) is 0 Å². The molecule has 0 aliphatic carbocycles. The number of ether oxygens (including phenoxy) is 1. The molecule has 6 nitrogen and oxygen atoms in total. The van der Waals surface area contributed by atoms with Crippen LogP contribution >= 0.6 is 0 Å². The number of aryl methyl sites for hydroxylation is 1. The summed E-state index contributed by atoms with van der Waals surface area (Å²) in [6.07, 6.45) is 6.36. The molecule has 0 radical (unpaired) electrons. The summed E-state index contributed by atoms with van der Waals surface area (Å²) in [7, 11) is 3.48. The van der Waals surface area contributed by atoms with Crippen molar-refractivity contribution >= 4 is 5.91 Å². The maximum absolute atomic E-state index is 11.7. The molecule has 1 aromatic rings. The Bertz CT molecular complexity index is 365. The fourth-order valence-corrected chi connectivity index (χ4v) is 1.62. The Balaban J connectivity index is 2.20. The van der Waals surface area contributed by atoms with E-state index in [4.69, 9.17) is 10.5 Å². The SMILES string of the molecule is COCCCCCNC(=O)C(N)c1cnn(C)c1. The average molecular weight is 254 g/mol. The molecular formula is C12H22N4O2. The van der Waals surface area contributed by atoms with Gasteiger partial charge in [-0.05, 0) is 19.3 Å². The van der Waals surface area contributed by atoms with Crippen molar-refractivity contribution in [2.75, 3.05) is 20.3 Å². The van der Waals surface area contributed by atoms with Crippen molar-refractivity contribution in [2.45, 2.75) is 25.3 Å². The number of nitrogens with zero attached hydrogens (tertiary/aromatic N) is 2. The molecule has 102 valence electrons. The van der Waals surface area contributed by atoms with Gasteiger partial charge in [0, 0.05) is 39.1 Å². The van der Waals surface area contributed by atoms with Crippen LogP contribution in [0, 0.1) is 0 Å². The van der Waals surface area contributed by atoms with Gasteiger partial charge in [-0.1, -0.05) is 0 Å². The number of rotatable bonds is 8. The van der Waals surface area contributed by atoms with Crippen LogP contribution < -0.4 is 11.1 Å². The molecule has 1 aromatic heterocycles. The van der Waals surface area contributed by atoms with Crippen LogP contribution in [-0.4, -0.2) is 35.9 Å². The van der Waals surface area contributed by atoms with Crippen LogP contribution in [0.4, 0.5) is 0 Å². The Morgan fingerprint density at radius 2 is 2.33 bits per heavy atom. The molecule has 1 heterocycles. The van der Waals surface area contributed by atoms with Crippen LogP contribution in [-0.2, 0) is 16.6 Å². The number of carbonyl (C=O) groups excluding carboxylic acids is 1. The minimum Gasteiger partial charge on any atom is -0.385 e. The molecule has 0 saturated carbocycles. The largest absolute Gasteiger partial charge is 0.385 e. The summed E-state index contributed by atoms with van der Waals surface area (Å²) in [4.78, 5) is 11.7. The van der Waals surface area contributed by atoms with Crippen molar-refractivity contribution in [3.63, 3.8) is 0 Å². The monoisotopic (exact) mass is 254 g/mol. The highest BCUT2D eigenvalue weighted by atomic mass is 16.5. The van der Waals surface area contributed by atoms with E-state index in [1.807, 2.05) is 0 Å². The number of amides is 1. The van der Waals surface area contributed by atoms with E-state index in [1.54, 1.807) is 31.2 Å². The number of aromatic nitrogens is 2. The quantitative estimate of drug-likeness (QED) is 0.656. The Morgan fingerprint density at radius 3 is 2.94 bits per heavy atom. The first-order valence-corrected chi connectivity index (χ1v) is 6.16. The lowest BCUT2D eigenvalue weighted by Crippen LogP contribution is -2.34. The summed E-state index contributed by atoms with van der Waals surface area (Å²) in [6.45, 7) is 1.42. The normalized spacial score (nSPS) is 12.4. The predicted molar refractivity (Wildman–Crippen MR) is 68.9 cm³/mol. The summed E-state index contributed by atoms with van der Waals surface area (Å²) in [5, 5.41) is 6.82. The van der Waals surface area contributed by atoms with E-state index in [-0.39, 0.29) is 5.91 Å². The number of carbonyl (C=O) groups is 1. The third-order valence-electron chi connectivity index (χ3n) is 2.69. The molecule has 6 heteroatoms. The predicted octanol–water partition coefficient (Wildman–Crippen LogP) is 0.353. The zero-order valence-electron chi connectivity index (χ0n) is 11.1. The Labute approximate surface area is 107 Å².